The molecule has 0 radical (unpaired) electrons. The summed E-state index contributed by atoms with van der Waals surface area (Å²) in [6, 6.07) is 3.86. The van der Waals surface area contributed by atoms with E-state index in [4.69, 9.17) is 16.7 Å². The quantitative estimate of drug-likeness (QED) is 0.834. The second-order valence-corrected chi connectivity index (χ2v) is 6.02. The van der Waals surface area contributed by atoms with Crippen LogP contribution in [0.15, 0.2) is 35.5 Å². The third-order valence-electron chi connectivity index (χ3n) is 2.49. The summed E-state index contributed by atoms with van der Waals surface area (Å²) in [7, 11) is -2.44. The van der Waals surface area contributed by atoms with Gasteiger partial charge in [0.05, 0.1) is 5.69 Å². The summed E-state index contributed by atoms with van der Waals surface area (Å²) in [5.74, 6) is -1.21. The molecule has 0 saturated heterocycles. The molecule has 9 heteroatoms. The number of carboxylic acid groups (broad SMARTS) is 1. The Bertz CT molecular complexity index is 770. The number of nitrogens with one attached hydrogen (secondary N) is 1. The second kappa shape index (κ2) is 5.14. The fourth-order valence-electron chi connectivity index (χ4n) is 1.57. The van der Waals surface area contributed by atoms with Crippen molar-refractivity contribution in [3.8, 4) is 0 Å². The molecular weight excluding hydrogens is 306 g/mol. The monoisotopic (exact) mass is 315 g/mol. The number of aromatic nitrogens is 2. The van der Waals surface area contributed by atoms with E-state index in [1.54, 1.807) is 0 Å². The number of hydrogen-bond acceptors (Lipinski definition) is 4. The molecular formula is C11H10ClN3O4S. The lowest BCUT2D eigenvalue weighted by molar-refractivity contribution is 0.0686. The van der Waals surface area contributed by atoms with E-state index in [1.165, 1.54) is 36.1 Å². The number of halogens is 1. The zero-order valence-electron chi connectivity index (χ0n) is 10.2. The number of sulfonamides is 1. The predicted octanol–water partition coefficient (Wildman–Crippen LogP) is 1.57. The molecule has 0 amide bonds. The third-order valence-corrected chi connectivity index (χ3v) is 4.04. The Morgan fingerprint density at radius 3 is 2.70 bits per heavy atom. The Labute approximate surface area is 119 Å². The molecule has 2 rings (SSSR count). The molecule has 106 valence electrons. The third kappa shape index (κ3) is 2.91. The zero-order chi connectivity index (χ0) is 14.9. The molecule has 2 aromatic rings. The van der Waals surface area contributed by atoms with E-state index in [-0.39, 0.29) is 21.4 Å². The van der Waals surface area contributed by atoms with Crippen molar-refractivity contribution < 1.29 is 18.3 Å². The number of nitrogens with zero attached hydrogens (tertiary/aromatic N) is 2. The van der Waals surface area contributed by atoms with Gasteiger partial charge >= 0.3 is 5.97 Å². The minimum atomic E-state index is -3.89. The van der Waals surface area contributed by atoms with E-state index < -0.39 is 16.0 Å². The van der Waals surface area contributed by atoms with Crippen molar-refractivity contribution in [2.45, 2.75) is 4.90 Å². The highest BCUT2D eigenvalue weighted by molar-refractivity contribution is 7.92. The number of aryl methyl sites for hydroxylation is 1. The Balaban J connectivity index is 2.36. The fourth-order valence-corrected chi connectivity index (χ4v) is 2.87. The first-order valence-electron chi connectivity index (χ1n) is 5.33. The van der Waals surface area contributed by atoms with Gasteiger partial charge in [-0.3, -0.25) is 4.72 Å². The van der Waals surface area contributed by atoms with E-state index in [0.717, 1.165) is 6.07 Å². The number of hydrogen-bond donors (Lipinski definition) is 2. The number of aromatic carboxylic acids is 1. The summed E-state index contributed by atoms with van der Waals surface area (Å²) in [4.78, 5) is 14.5. The number of carbonyl (C=O) groups is 1. The number of rotatable bonds is 4. The Kier molecular flexibility index (Phi) is 3.69. The van der Waals surface area contributed by atoms with Gasteiger partial charge in [0.2, 0.25) is 0 Å². The topological polar surface area (TPSA) is 101 Å². The highest BCUT2D eigenvalue weighted by atomic mass is 35.5. The van der Waals surface area contributed by atoms with Crippen LogP contribution in [0.5, 0.6) is 0 Å². The molecule has 0 bridgehead atoms. The normalized spacial score (nSPS) is 11.3. The molecule has 7 nitrogen and oxygen atoms in total. The van der Waals surface area contributed by atoms with Crippen LogP contribution in [0.4, 0.5) is 5.69 Å². The van der Waals surface area contributed by atoms with Gasteiger partial charge in [-0.05, 0) is 18.2 Å². The summed E-state index contributed by atoms with van der Waals surface area (Å²) in [6.07, 6.45) is 2.57. The first-order chi connectivity index (χ1) is 9.29. The molecule has 0 aliphatic carbocycles. The first kappa shape index (κ1) is 14.4. The Morgan fingerprint density at radius 1 is 1.45 bits per heavy atom. The molecule has 2 aromatic heterocycles. The number of carboxylic acids is 1. The summed E-state index contributed by atoms with van der Waals surface area (Å²) in [5, 5.41) is 9.05. The fraction of sp³-hybridized carbons (Fsp3) is 0.0909. The van der Waals surface area contributed by atoms with Crippen molar-refractivity contribution in [1.29, 1.82) is 0 Å². The van der Waals surface area contributed by atoms with Crippen LogP contribution in [-0.4, -0.2) is 29.0 Å². The van der Waals surface area contributed by atoms with Crippen molar-refractivity contribution in [2.24, 2.45) is 7.05 Å². The van der Waals surface area contributed by atoms with E-state index in [9.17, 15) is 13.2 Å². The lowest BCUT2D eigenvalue weighted by Crippen LogP contribution is -2.12. The van der Waals surface area contributed by atoms with Crippen LogP contribution in [-0.2, 0) is 17.1 Å². The van der Waals surface area contributed by atoms with Gasteiger partial charge < -0.3 is 9.67 Å². The van der Waals surface area contributed by atoms with Crippen LogP contribution >= 0.6 is 11.6 Å². The molecule has 0 atom stereocenters. The van der Waals surface area contributed by atoms with Gasteiger partial charge in [0.25, 0.3) is 10.0 Å². The summed E-state index contributed by atoms with van der Waals surface area (Å²) < 4.78 is 27.8. The average molecular weight is 316 g/mol. The molecule has 0 aliphatic rings. The molecule has 0 fully saturated rings. The standard InChI is InChI=1S/C11H10ClN3O4S/c1-15-6-8(5-9(15)11(16)17)20(18,19)14-7-2-3-13-10(12)4-7/h2-6H,1H3,(H,13,14)(H,16,17). The van der Waals surface area contributed by atoms with Crippen molar-refractivity contribution in [2.75, 3.05) is 4.72 Å². The Hall–Kier alpha value is -2.06. The highest BCUT2D eigenvalue weighted by Gasteiger charge is 2.20. The van der Waals surface area contributed by atoms with E-state index in [0.29, 0.717) is 0 Å². The lowest BCUT2D eigenvalue weighted by Gasteiger charge is -2.05. The average Bonchev–Trinajstić information content (AvgIpc) is 2.71. The van der Waals surface area contributed by atoms with Gasteiger partial charge in [-0.25, -0.2) is 18.2 Å². The smallest absolute Gasteiger partial charge is 0.352 e. The van der Waals surface area contributed by atoms with Crippen LogP contribution in [0.1, 0.15) is 10.5 Å². The molecule has 2 heterocycles. The van der Waals surface area contributed by atoms with E-state index in [1.807, 2.05) is 0 Å². The van der Waals surface area contributed by atoms with Crippen LogP contribution < -0.4 is 4.72 Å². The SMILES string of the molecule is Cn1cc(S(=O)(=O)Nc2ccnc(Cl)c2)cc1C(=O)O. The minimum absolute atomic E-state index is 0.127. The lowest BCUT2D eigenvalue weighted by atomic mass is 10.4. The molecule has 0 aliphatic heterocycles. The molecule has 20 heavy (non-hydrogen) atoms. The number of anilines is 1. The van der Waals surface area contributed by atoms with Crippen LogP contribution in [0.2, 0.25) is 5.15 Å². The molecule has 0 saturated carbocycles. The molecule has 0 unspecified atom stereocenters. The van der Waals surface area contributed by atoms with Gasteiger partial charge in [-0.1, -0.05) is 11.6 Å². The maximum Gasteiger partial charge on any atom is 0.352 e. The van der Waals surface area contributed by atoms with Crippen molar-refractivity contribution in [3.63, 3.8) is 0 Å². The highest BCUT2D eigenvalue weighted by Crippen LogP contribution is 2.19. The maximum atomic E-state index is 12.1. The van der Waals surface area contributed by atoms with Gasteiger partial charge in [0, 0.05) is 19.4 Å². The van der Waals surface area contributed by atoms with Gasteiger partial charge in [0.15, 0.2) is 0 Å². The Morgan fingerprint density at radius 2 is 2.15 bits per heavy atom. The second-order valence-electron chi connectivity index (χ2n) is 3.95. The van der Waals surface area contributed by atoms with Crippen LogP contribution in [0.3, 0.4) is 0 Å². The summed E-state index contributed by atoms with van der Waals surface area (Å²) >= 11 is 5.66. The summed E-state index contributed by atoms with van der Waals surface area (Å²) in [6.45, 7) is 0. The van der Waals surface area contributed by atoms with Gasteiger partial charge in [0.1, 0.15) is 15.7 Å². The first-order valence-corrected chi connectivity index (χ1v) is 7.20. The van der Waals surface area contributed by atoms with E-state index in [2.05, 4.69) is 9.71 Å². The molecule has 0 spiro atoms. The van der Waals surface area contributed by atoms with Gasteiger partial charge in [-0.15, -0.1) is 0 Å². The molecule has 0 aromatic carbocycles. The minimum Gasteiger partial charge on any atom is -0.477 e. The maximum absolute atomic E-state index is 12.1. The van der Waals surface area contributed by atoms with Gasteiger partial charge in [-0.2, -0.15) is 0 Å². The van der Waals surface area contributed by atoms with Crippen LogP contribution in [0.25, 0.3) is 0 Å². The van der Waals surface area contributed by atoms with Crippen molar-refractivity contribution >= 4 is 33.3 Å². The summed E-state index contributed by atoms with van der Waals surface area (Å²) in [5.41, 5.74) is 0.115. The largest absolute Gasteiger partial charge is 0.477 e. The zero-order valence-corrected chi connectivity index (χ0v) is 11.8. The predicted molar refractivity (Wildman–Crippen MR) is 72.4 cm³/mol. The molecule has 2 N–H and O–H groups in total. The van der Waals surface area contributed by atoms with Crippen molar-refractivity contribution in [3.05, 3.63) is 41.4 Å². The number of pyridine rings is 1. The van der Waals surface area contributed by atoms with Crippen molar-refractivity contribution in [1.82, 2.24) is 9.55 Å². The van der Waals surface area contributed by atoms with Crippen LogP contribution in [0, 0.1) is 0 Å². The van der Waals surface area contributed by atoms with E-state index >= 15 is 0 Å².